The molecule has 0 bridgehead atoms. The summed E-state index contributed by atoms with van der Waals surface area (Å²) in [6.45, 7) is 0. The van der Waals surface area contributed by atoms with Gasteiger partial charge in [-0.3, -0.25) is 0 Å². The highest BCUT2D eigenvalue weighted by Gasteiger charge is 2.48. The Morgan fingerprint density at radius 2 is 1.08 bits per heavy atom. The van der Waals surface area contributed by atoms with Crippen LogP contribution < -0.4 is 0 Å². The molecule has 1 aliphatic heterocycles. The van der Waals surface area contributed by atoms with Crippen molar-refractivity contribution in [3.63, 3.8) is 0 Å². The molecule has 0 aliphatic carbocycles. The molecule has 72 valence electrons. The minimum atomic E-state index is -2.24. The average Bonchev–Trinajstić information content (AvgIpc) is 2.08. The van der Waals surface area contributed by atoms with Crippen LogP contribution in [0.25, 0.3) is 0 Å². The van der Waals surface area contributed by atoms with Gasteiger partial charge in [-0.25, -0.2) is 0 Å². The SMILES string of the molecule is O[C@@H]1[C@@H](O)[P@](O)[C@H](O)[P@](O)[C@H]1O. The summed E-state index contributed by atoms with van der Waals surface area (Å²) in [5.74, 6) is -3.12. The lowest BCUT2D eigenvalue weighted by molar-refractivity contribution is -0.00538. The van der Waals surface area contributed by atoms with Crippen LogP contribution in [0.1, 0.15) is 0 Å². The molecular formula is C4H10O6P2. The van der Waals surface area contributed by atoms with Crippen molar-refractivity contribution in [2.24, 2.45) is 0 Å². The van der Waals surface area contributed by atoms with Crippen molar-refractivity contribution in [1.82, 2.24) is 0 Å². The Kier molecular flexibility index (Phi) is 3.37. The Bertz CT molecular complexity index is 109. The zero-order chi connectivity index (χ0) is 9.46. The second-order valence-corrected chi connectivity index (χ2v) is 6.39. The highest BCUT2D eigenvalue weighted by atomic mass is 31.2. The van der Waals surface area contributed by atoms with Gasteiger partial charge in [-0.2, -0.15) is 0 Å². The van der Waals surface area contributed by atoms with Gasteiger partial charge in [0.25, 0.3) is 0 Å². The Morgan fingerprint density at radius 1 is 0.750 bits per heavy atom. The van der Waals surface area contributed by atoms with Crippen LogP contribution in [0, 0.1) is 0 Å². The zero-order valence-corrected chi connectivity index (χ0v) is 7.68. The van der Waals surface area contributed by atoms with Crippen molar-refractivity contribution < 1.29 is 30.2 Å². The van der Waals surface area contributed by atoms with Crippen molar-refractivity contribution in [2.45, 2.75) is 23.4 Å². The molecule has 0 unspecified atom stereocenters. The van der Waals surface area contributed by atoms with E-state index in [4.69, 9.17) is 30.2 Å². The molecule has 0 saturated carbocycles. The largest absolute Gasteiger partial charge is 0.387 e. The van der Waals surface area contributed by atoms with E-state index in [1.807, 2.05) is 0 Å². The second-order valence-electron chi connectivity index (χ2n) is 2.42. The van der Waals surface area contributed by atoms with E-state index in [-0.39, 0.29) is 0 Å². The van der Waals surface area contributed by atoms with Crippen molar-refractivity contribution in [2.75, 3.05) is 0 Å². The third kappa shape index (κ3) is 1.62. The van der Waals surface area contributed by atoms with Crippen LogP contribution in [0.5, 0.6) is 0 Å². The maximum Gasteiger partial charge on any atom is 0.146 e. The van der Waals surface area contributed by atoms with E-state index in [1.54, 1.807) is 0 Å². The van der Waals surface area contributed by atoms with Gasteiger partial charge in [0.15, 0.2) is 0 Å². The maximum atomic E-state index is 9.05. The number of hydrogen-bond acceptors (Lipinski definition) is 6. The van der Waals surface area contributed by atoms with Crippen LogP contribution in [-0.4, -0.2) is 53.6 Å². The van der Waals surface area contributed by atoms with E-state index >= 15 is 0 Å². The number of aliphatic hydroxyl groups excluding tert-OH is 4. The van der Waals surface area contributed by atoms with E-state index < -0.39 is 39.7 Å². The van der Waals surface area contributed by atoms with Gasteiger partial charge >= 0.3 is 0 Å². The first-order valence-corrected chi connectivity index (χ1v) is 6.00. The van der Waals surface area contributed by atoms with Crippen LogP contribution >= 0.6 is 16.3 Å². The zero-order valence-electron chi connectivity index (χ0n) is 5.89. The van der Waals surface area contributed by atoms with Crippen LogP contribution in [0.3, 0.4) is 0 Å². The quantitative estimate of drug-likeness (QED) is 0.262. The van der Waals surface area contributed by atoms with Crippen LogP contribution in [-0.2, 0) is 0 Å². The number of aliphatic hydroxyl groups is 4. The van der Waals surface area contributed by atoms with Gasteiger partial charge in [0.05, 0.1) is 16.3 Å². The normalized spacial score (nSPS) is 55.5. The lowest BCUT2D eigenvalue weighted by atomic mass is 10.4. The third-order valence-corrected chi connectivity index (χ3v) is 5.69. The number of rotatable bonds is 0. The Hall–Kier alpha value is 0.620. The molecule has 0 aromatic heterocycles. The summed E-state index contributed by atoms with van der Waals surface area (Å²) in [5.41, 5.74) is -1.51. The molecule has 6 N–H and O–H groups in total. The lowest BCUT2D eigenvalue weighted by Crippen LogP contribution is -2.42. The molecule has 0 aromatic carbocycles. The van der Waals surface area contributed by atoms with Gasteiger partial charge in [-0.15, -0.1) is 0 Å². The summed E-state index contributed by atoms with van der Waals surface area (Å²) >= 11 is 0. The molecule has 1 fully saturated rings. The molecule has 1 heterocycles. The molecule has 1 rings (SSSR count). The summed E-state index contributed by atoms with van der Waals surface area (Å²) in [5, 5.41) is 36.1. The van der Waals surface area contributed by atoms with E-state index in [9.17, 15) is 0 Å². The molecule has 0 radical (unpaired) electrons. The first kappa shape index (κ1) is 10.7. The average molecular weight is 216 g/mol. The monoisotopic (exact) mass is 216 g/mol. The summed E-state index contributed by atoms with van der Waals surface area (Å²) in [7, 11) is -4.48. The van der Waals surface area contributed by atoms with Crippen molar-refractivity contribution in [1.29, 1.82) is 0 Å². The summed E-state index contributed by atoms with van der Waals surface area (Å²) in [4.78, 5) is 18.1. The molecule has 6 nitrogen and oxygen atoms in total. The van der Waals surface area contributed by atoms with Crippen LogP contribution in [0.15, 0.2) is 0 Å². The van der Waals surface area contributed by atoms with Crippen LogP contribution in [0.4, 0.5) is 0 Å². The van der Waals surface area contributed by atoms with Crippen molar-refractivity contribution in [3.05, 3.63) is 0 Å². The number of hydrogen-bond donors (Lipinski definition) is 6. The topological polar surface area (TPSA) is 121 Å². The molecule has 0 amide bonds. The molecule has 1 saturated heterocycles. The molecule has 6 atom stereocenters. The fraction of sp³-hybridized carbons (Fsp3) is 1.00. The van der Waals surface area contributed by atoms with Gasteiger partial charge in [-0.1, -0.05) is 0 Å². The van der Waals surface area contributed by atoms with Crippen LogP contribution in [0.2, 0.25) is 0 Å². The lowest BCUT2D eigenvalue weighted by Gasteiger charge is -2.38. The predicted molar refractivity (Wildman–Crippen MR) is 42.3 cm³/mol. The molecule has 8 heteroatoms. The van der Waals surface area contributed by atoms with Crippen molar-refractivity contribution in [3.8, 4) is 0 Å². The van der Waals surface area contributed by atoms with E-state index in [0.717, 1.165) is 0 Å². The standard InChI is InChI=1S/C4H10O6P2/c5-1-2(6)11(9)4(8)12(10)3(1)7/h1-10H/t1-,2+,3-,4+,11+,12-. The molecule has 0 spiro atoms. The molecular weight excluding hydrogens is 206 g/mol. The first-order chi connectivity index (χ1) is 5.46. The Labute approximate surface area is 70.8 Å². The Balaban J connectivity index is 2.76. The maximum absolute atomic E-state index is 9.05. The van der Waals surface area contributed by atoms with Gasteiger partial charge in [0, 0.05) is 0 Å². The Morgan fingerprint density at radius 3 is 1.42 bits per heavy atom. The minimum absolute atomic E-state index is 1.51. The fourth-order valence-corrected chi connectivity index (χ4v) is 4.28. The summed E-state index contributed by atoms with van der Waals surface area (Å²) < 4.78 is 0. The molecule has 12 heavy (non-hydrogen) atoms. The molecule has 1 aliphatic rings. The predicted octanol–water partition coefficient (Wildman–Crippen LogP) is -1.95. The van der Waals surface area contributed by atoms with Gasteiger partial charge < -0.3 is 30.2 Å². The first-order valence-electron chi connectivity index (χ1n) is 3.13. The van der Waals surface area contributed by atoms with Gasteiger partial charge in [-0.05, 0) is 0 Å². The molecule has 0 aromatic rings. The highest BCUT2D eigenvalue weighted by molar-refractivity contribution is 7.71. The van der Waals surface area contributed by atoms with E-state index in [1.165, 1.54) is 0 Å². The van der Waals surface area contributed by atoms with Gasteiger partial charge in [0.2, 0.25) is 0 Å². The van der Waals surface area contributed by atoms with E-state index in [2.05, 4.69) is 0 Å². The summed E-state index contributed by atoms with van der Waals surface area (Å²) in [6, 6.07) is 0. The fourth-order valence-electron chi connectivity index (χ4n) is 0.861. The second kappa shape index (κ2) is 3.78. The minimum Gasteiger partial charge on any atom is -0.387 e. The van der Waals surface area contributed by atoms with E-state index in [0.29, 0.717) is 0 Å². The third-order valence-electron chi connectivity index (χ3n) is 1.63. The smallest absolute Gasteiger partial charge is 0.146 e. The highest BCUT2D eigenvalue weighted by Crippen LogP contribution is 2.62. The van der Waals surface area contributed by atoms with Gasteiger partial charge in [0.1, 0.15) is 23.4 Å². The summed E-state index contributed by atoms with van der Waals surface area (Å²) in [6.07, 6.45) is -1.58. The van der Waals surface area contributed by atoms with Crippen molar-refractivity contribution >= 4 is 16.3 Å².